The van der Waals surface area contributed by atoms with Crippen LogP contribution in [0.15, 0.2) is 47.4 Å². The fourth-order valence-electron chi connectivity index (χ4n) is 3.26. The summed E-state index contributed by atoms with van der Waals surface area (Å²) in [4.78, 5) is 15.9. The van der Waals surface area contributed by atoms with Crippen LogP contribution in [0.3, 0.4) is 0 Å². The molecule has 1 amide bonds. The van der Waals surface area contributed by atoms with Crippen molar-refractivity contribution in [2.24, 2.45) is 0 Å². The summed E-state index contributed by atoms with van der Waals surface area (Å²) >= 11 is 1.60. The van der Waals surface area contributed by atoms with Gasteiger partial charge in [-0.05, 0) is 74.2 Å². The second kappa shape index (κ2) is 9.24. The molecule has 4 heteroatoms. The molecule has 26 heavy (non-hydrogen) atoms. The van der Waals surface area contributed by atoms with Crippen LogP contribution in [-0.4, -0.2) is 29.6 Å². The van der Waals surface area contributed by atoms with Crippen molar-refractivity contribution in [3.8, 4) is 0 Å². The highest BCUT2D eigenvalue weighted by molar-refractivity contribution is 8.00. The van der Waals surface area contributed by atoms with E-state index < -0.39 is 0 Å². The van der Waals surface area contributed by atoms with Crippen LogP contribution in [0.1, 0.15) is 35.1 Å². The van der Waals surface area contributed by atoms with Crippen molar-refractivity contribution in [1.29, 1.82) is 0 Å². The molecule has 1 N–H and O–H groups in total. The molecule has 3 nitrogen and oxygen atoms in total. The van der Waals surface area contributed by atoms with Crippen molar-refractivity contribution in [2.75, 3.05) is 18.8 Å². The number of nitrogens with one attached hydrogen (secondary N) is 1. The molecule has 0 atom stereocenters. The normalized spacial score (nSPS) is 14.5. The molecule has 2 aromatic carbocycles. The van der Waals surface area contributed by atoms with Gasteiger partial charge in [-0.3, -0.25) is 9.69 Å². The number of amides is 1. The second-order valence-corrected chi connectivity index (χ2v) is 8.11. The molecule has 1 fully saturated rings. The molecule has 1 heterocycles. The van der Waals surface area contributed by atoms with E-state index in [4.69, 9.17) is 0 Å². The van der Waals surface area contributed by atoms with E-state index in [2.05, 4.69) is 66.5 Å². The number of thioether (sulfide) groups is 1. The van der Waals surface area contributed by atoms with Gasteiger partial charge in [0.2, 0.25) is 5.91 Å². The summed E-state index contributed by atoms with van der Waals surface area (Å²) in [6.07, 6.45) is 2.60. The monoisotopic (exact) mass is 368 g/mol. The molecule has 0 aromatic heterocycles. The van der Waals surface area contributed by atoms with Crippen molar-refractivity contribution >= 4 is 17.7 Å². The summed E-state index contributed by atoms with van der Waals surface area (Å²) in [5.41, 5.74) is 5.11. The summed E-state index contributed by atoms with van der Waals surface area (Å²) in [7, 11) is 0. The van der Waals surface area contributed by atoms with E-state index in [1.165, 1.54) is 48.2 Å². The summed E-state index contributed by atoms with van der Waals surface area (Å²) in [6, 6.07) is 14.8. The molecule has 0 bridgehead atoms. The molecule has 1 aliphatic heterocycles. The fourth-order valence-corrected chi connectivity index (χ4v) is 4.09. The number of nitrogens with zero attached hydrogens (tertiary/aromatic N) is 1. The summed E-state index contributed by atoms with van der Waals surface area (Å²) < 4.78 is 0. The smallest absolute Gasteiger partial charge is 0.230 e. The number of hydrogen-bond acceptors (Lipinski definition) is 3. The molecule has 3 rings (SSSR count). The maximum atomic E-state index is 12.3. The Hall–Kier alpha value is -1.78. The first kappa shape index (κ1) is 19.0. The Balaban J connectivity index is 1.50. The predicted octanol–water partition coefficient (Wildman–Crippen LogP) is 4.31. The van der Waals surface area contributed by atoms with Gasteiger partial charge in [0.05, 0.1) is 5.75 Å². The van der Waals surface area contributed by atoms with Gasteiger partial charge >= 0.3 is 0 Å². The summed E-state index contributed by atoms with van der Waals surface area (Å²) in [5.74, 6) is 0.542. The third-order valence-corrected chi connectivity index (χ3v) is 6.03. The Labute approximate surface area is 161 Å². The van der Waals surface area contributed by atoms with Crippen LogP contribution < -0.4 is 5.32 Å². The Morgan fingerprint density at radius 3 is 2.50 bits per heavy atom. The topological polar surface area (TPSA) is 32.3 Å². The Kier molecular flexibility index (Phi) is 6.75. The SMILES string of the molecule is Cc1ccc(SCC(=O)NCc2ccccc2CN2CCCC2)cc1C. The maximum Gasteiger partial charge on any atom is 0.230 e. The van der Waals surface area contributed by atoms with E-state index >= 15 is 0 Å². The largest absolute Gasteiger partial charge is 0.351 e. The zero-order chi connectivity index (χ0) is 18.4. The van der Waals surface area contributed by atoms with Gasteiger partial charge in [-0.1, -0.05) is 30.3 Å². The first-order valence-electron chi connectivity index (χ1n) is 9.38. The molecule has 0 aliphatic carbocycles. The second-order valence-electron chi connectivity index (χ2n) is 7.06. The number of benzene rings is 2. The average molecular weight is 369 g/mol. The van der Waals surface area contributed by atoms with Gasteiger partial charge in [-0.15, -0.1) is 11.8 Å². The van der Waals surface area contributed by atoms with E-state index in [0.717, 1.165) is 11.4 Å². The molecule has 0 spiro atoms. The molecule has 0 unspecified atom stereocenters. The van der Waals surface area contributed by atoms with E-state index in [-0.39, 0.29) is 5.91 Å². The molecule has 1 saturated heterocycles. The number of carbonyl (C=O) groups excluding carboxylic acids is 1. The highest BCUT2D eigenvalue weighted by Crippen LogP contribution is 2.21. The van der Waals surface area contributed by atoms with Gasteiger partial charge in [0.25, 0.3) is 0 Å². The number of likely N-dealkylation sites (tertiary alicyclic amines) is 1. The van der Waals surface area contributed by atoms with Gasteiger partial charge in [-0.25, -0.2) is 0 Å². The van der Waals surface area contributed by atoms with Crippen molar-refractivity contribution in [2.45, 2.75) is 44.7 Å². The highest BCUT2D eigenvalue weighted by Gasteiger charge is 2.13. The number of carbonyl (C=O) groups is 1. The molecule has 2 aromatic rings. The van der Waals surface area contributed by atoms with Crippen LogP contribution in [-0.2, 0) is 17.9 Å². The minimum Gasteiger partial charge on any atom is -0.351 e. The zero-order valence-electron chi connectivity index (χ0n) is 15.8. The molecular weight excluding hydrogens is 340 g/mol. The van der Waals surface area contributed by atoms with Gasteiger partial charge in [0, 0.05) is 18.0 Å². The van der Waals surface area contributed by atoms with Crippen LogP contribution >= 0.6 is 11.8 Å². The maximum absolute atomic E-state index is 12.3. The lowest BCUT2D eigenvalue weighted by Crippen LogP contribution is -2.26. The average Bonchev–Trinajstić information content (AvgIpc) is 3.15. The molecule has 0 saturated carbocycles. The lowest BCUT2D eigenvalue weighted by atomic mass is 10.1. The first-order valence-corrected chi connectivity index (χ1v) is 10.4. The van der Waals surface area contributed by atoms with E-state index in [1.807, 2.05) is 0 Å². The number of hydrogen-bond donors (Lipinski definition) is 1. The van der Waals surface area contributed by atoms with Gasteiger partial charge in [-0.2, -0.15) is 0 Å². The van der Waals surface area contributed by atoms with Crippen molar-refractivity contribution in [3.05, 3.63) is 64.7 Å². The van der Waals surface area contributed by atoms with Crippen LogP contribution in [0.25, 0.3) is 0 Å². The van der Waals surface area contributed by atoms with Crippen molar-refractivity contribution < 1.29 is 4.79 Å². The van der Waals surface area contributed by atoms with E-state index in [9.17, 15) is 4.79 Å². The molecule has 138 valence electrons. The standard InChI is InChI=1S/C22H28N2OS/c1-17-9-10-21(13-18(17)2)26-16-22(25)23-14-19-7-3-4-8-20(19)15-24-11-5-6-12-24/h3-4,7-10,13H,5-6,11-12,14-16H2,1-2H3,(H,23,25). The van der Waals surface area contributed by atoms with Crippen molar-refractivity contribution in [3.63, 3.8) is 0 Å². The number of rotatable bonds is 7. The lowest BCUT2D eigenvalue weighted by Gasteiger charge is -2.17. The third kappa shape index (κ3) is 5.36. The highest BCUT2D eigenvalue weighted by atomic mass is 32.2. The Morgan fingerprint density at radius 2 is 1.77 bits per heavy atom. The van der Waals surface area contributed by atoms with Crippen LogP contribution in [0.5, 0.6) is 0 Å². The molecular formula is C22H28N2OS. The van der Waals surface area contributed by atoms with E-state index in [0.29, 0.717) is 12.3 Å². The summed E-state index contributed by atoms with van der Waals surface area (Å²) in [5, 5.41) is 3.08. The lowest BCUT2D eigenvalue weighted by molar-refractivity contribution is -0.118. The summed E-state index contributed by atoms with van der Waals surface area (Å²) in [6.45, 7) is 8.19. The minimum absolute atomic E-state index is 0.0872. The van der Waals surface area contributed by atoms with Gasteiger partial charge in [0.1, 0.15) is 0 Å². The predicted molar refractivity (Wildman–Crippen MR) is 109 cm³/mol. The van der Waals surface area contributed by atoms with Crippen LogP contribution in [0, 0.1) is 13.8 Å². The zero-order valence-corrected chi connectivity index (χ0v) is 16.6. The van der Waals surface area contributed by atoms with Crippen LogP contribution in [0.2, 0.25) is 0 Å². The van der Waals surface area contributed by atoms with Crippen LogP contribution in [0.4, 0.5) is 0 Å². The fraction of sp³-hybridized carbons (Fsp3) is 0.409. The van der Waals surface area contributed by atoms with Gasteiger partial charge in [0.15, 0.2) is 0 Å². The van der Waals surface area contributed by atoms with E-state index in [1.54, 1.807) is 11.8 Å². The van der Waals surface area contributed by atoms with Gasteiger partial charge < -0.3 is 5.32 Å². The minimum atomic E-state index is 0.0872. The molecule has 1 aliphatic rings. The number of aryl methyl sites for hydroxylation is 2. The molecule has 0 radical (unpaired) electrons. The third-order valence-electron chi connectivity index (χ3n) is 5.04. The first-order chi connectivity index (χ1) is 12.6. The van der Waals surface area contributed by atoms with Crippen molar-refractivity contribution in [1.82, 2.24) is 10.2 Å². The quantitative estimate of drug-likeness (QED) is 0.739. The Morgan fingerprint density at radius 1 is 1.04 bits per heavy atom. The Bertz CT molecular complexity index is 754.